The summed E-state index contributed by atoms with van der Waals surface area (Å²) in [5.41, 5.74) is 3.10. The Morgan fingerprint density at radius 3 is 2.94 bits per heavy atom. The van der Waals surface area contributed by atoms with Crippen LogP contribution < -0.4 is 5.32 Å². The molecule has 0 fully saturated rings. The first kappa shape index (κ1) is 11.8. The molecular formula is C13H18N4. The zero-order valence-electron chi connectivity index (χ0n) is 10.3. The summed E-state index contributed by atoms with van der Waals surface area (Å²) in [6, 6.07) is 5.90. The van der Waals surface area contributed by atoms with Crippen molar-refractivity contribution in [2.45, 2.75) is 19.9 Å². The highest BCUT2D eigenvalue weighted by Crippen LogP contribution is 2.18. The van der Waals surface area contributed by atoms with Crippen molar-refractivity contribution in [2.24, 2.45) is 7.05 Å². The van der Waals surface area contributed by atoms with Gasteiger partial charge in [-0.15, -0.1) is 0 Å². The molecule has 0 spiro atoms. The van der Waals surface area contributed by atoms with Crippen LogP contribution in [0.2, 0.25) is 0 Å². The number of nitrogens with zero attached hydrogens (tertiary/aromatic N) is 3. The summed E-state index contributed by atoms with van der Waals surface area (Å²) in [6.07, 6.45) is 4.99. The van der Waals surface area contributed by atoms with Crippen LogP contribution in [0.4, 0.5) is 0 Å². The minimum Gasteiger partial charge on any atom is -0.313 e. The van der Waals surface area contributed by atoms with Crippen molar-refractivity contribution < 1.29 is 0 Å². The second-order valence-corrected chi connectivity index (χ2v) is 4.07. The van der Waals surface area contributed by atoms with Gasteiger partial charge in [-0.05, 0) is 25.1 Å². The maximum atomic E-state index is 4.47. The summed E-state index contributed by atoms with van der Waals surface area (Å²) in [4.78, 5) is 4.35. The minimum atomic E-state index is 0.841. The van der Waals surface area contributed by atoms with Gasteiger partial charge in [-0.3, -0.25) is 9.67 Å². The molecule has 0 saturated carbocycles. The highest BCUT2D eigenvalue weighted by Gasteiger charge is 2.10. The van der Waals surface area contributed by atoms with E-state index in [1.807, 2.05) is 36.1 Å². The van der Waals surface area contributed by atoms with Gasteiger partial charge in [-0.2, -0.15) is 5.10 Å². The quantitative estimate of drug-likeness (QED) is 0.799. The van der Waals surface area contributed by atoms with E-state index >= 15 is 0 Å². The van der Waals surface area contributed by atoms with Crippen LogP contribution in [-0.4, -0.2) is 21.3 Å². The van der Waals surface area contributed by atoms with Crippen LogP contribution in [0.1, 0.15) is 18.9 Å². The van der Waals surface area contributed by atoms with E-state index in [1.165, 1.54) is 5.56 Å². The normalized spacial score (nSPS) is 10.7. The monoisotopic (exact) mass is 230 g/mol. The van der Waals surface area contributed by atoms with Crippen LogP contribution in [0.15, 0.2) is 30.6 Å². The number of hydrogen-bond donors (Lipinski definition) is 1. The summed E-state index contributed by atoms with van der Waals surface area (Å²) >= 11 is 0. The third-order valence-electron chi connectivity index (χ3n) is 2.55. The summed E-state index contributed by atoms with van der Waals surface area (Å²) in [6.45, 7) is 4.03. The van der Waals surface area contributed by atoms with Gasteiger partial charge in [0.15, 0.2) is 0 Å². The molecule has 2 rings (SSSR count). The first-order valence-corrected chi connectivity index (χ1v) is 5.96. The lowest BCUT2D eigenvalue weighted by Crippen LogP contribution is -2.13. The van der Waals surface area contributed by atoms with Gasteiger partial charge in [0.1, 0.15) is 5.69 Å². The maximum absolute atomic E-state index is 4.47. The van der Waals surface area contributed by atoms with Crippen molar-refractivity contribution in [3.05, 3.63) is 36.2 Å². The van der Waals surface area contributed by atoms with Crippen LogP contribution in [0.5, 0.6) is 0 Å². The molecule has 1 N–H and O–H groups in total. The Kier molecular flexibility index (Phi) is 3.88. The van der Waals surface area contributed by atoms with Gasteiger partial charge in [0, 0.05) is 31.5 Å². The standard InChI is InChI=1S/C13H18N4/c1-3-7-14-9-11-10-17(2)16-13(11)12-6-4-5-8-15-12/h4-6,8,10,14H,3,7,9H2,1-2H3. The van der Waals surface area contributed by atoms with Crippen molar-refractivity contribution in [1.29, 1.82) is 0 Å². The van der Waals surface area contributed by atoms with Crippen molar-refractivity contribution in [1.82, 2.24) is 20.1 Å². The minimum absolute atomic E-state index is 0.841. The molecule has 2 aromatic heterocycles. The first-order chi connectivity index (χ1) is 8.31. The Morgan fingerprint density at radius 1 is 1.35 bits per heavy atom. The topological polar surface area (TPSA) is 42.7 Å². The summed E-state index contributed by atoms with van der Waals surface area (Å²) in [5.74, 6) is 0. The first-order valence-electron chi connectivity index (χ1n) is 5.96. The lowest BCUT2D eigenvalue weighted by atomic mass is 10.2. The molecule has 0 radical (unpaired) electrons. The van der Waals surface area contributed by atoms with Gasteiger partial charge in [-0.25, -0.2) is 0 Å². The van der Waals surface area contributed by atoms with Crippen molar-refractivity contribution in [3.63, 3.8) is 0 Å². The van der Waals surface area contributed by atoms with Crippen LogP contribution in [-0.2, 0) is 13.6 Å². The number of aryl methyl sites for hydroxylation is 1. The van der Waals surface area contributed by atoms with Crippen LogP contribution >= 0.6 is 0 Å². The lowest BCUT2D eigenvalue weighted by molar-refractivity contribution is 0.675. The Labute approximate surface area is 102 Å². The molecule has 0 amide bonds. The van der Waals surface area contributed by atoms with E-state index in [4.69, 9.17) is 0 Å². The molecule has 0 unspecified atom stereocenters. The molecule has 0 aromatic carbocycles. The van der Waals surface area contributed by atoms with E-state index in [-0.39, 0.29) is 0 Å². The molecular weight excluding hydrogens is 212 g/mol. The Balaban J connectivity index is 2.22. The molecule has 0 aliphatic rings. The van der Waals surface area contributed by atoms with Crippen molar-refractivity contribution >= 4 is 0 Å². The van der Waals surface area contributed by atoms with Gasteiger partial charge in [-0.1, -0.05) is 13.0 Å². The fourth-order valence-corrected chi connectivity index (χ4v) is 1.79. The molecule has 17 heavy (non-hydrogen) atoms. The number of nitrogens with one attached hydrogen (secondary N) is 1. The van der Waals surface area contributed by atoms with E-state index < -0.39 is 0 Å². The van der Waals surface area contributed by atoms with Gasteiger partial charge < -0.3 is 5.32 Å². The average Bonchev–Trinajstić information content (AvgIpc) is 2.72. The van der Waals surface area contributed by atoms with Gasteiger partial charge in [0.05, 0.1) is 5.69 Å². The Bertz CT molecular complexity index is 462. The largest absolute Gasteiger partial charge is 0.313 e. The molecule has 0 aliphatic carbocycles. The SMILES string of the molecule is CCCNCc1cn(C)nc1-c1ccccn1. The second kappa shape index (κ2) is 5.59. The van der Waals surface area contributed by atoms with Crippen LogP contribution in [0.25, 0.3) is 11.4 Å². The second-order valence-electron chi connectivity index (χ2n) is 4.07. The summed E-state index contributed by atoms with van der Waals surface area (Å²) < 4.78 is 1.84. The predicted octanol–water partition coefficient (Wildman–Crippen LogP) is 1.98. The fraction of sp³-hybridized carbons (Fsp3) is 0.385. The highest BCUT2D eigenvalue weighted by atomic mass is 15.3. The summed E-state index contributed by atoms with van der Waals surface area (Å²) in [7, 11) is 1.94. The highest BCUT2D eigenvalue weighted by molar-refractivity contribution is 5.57. The number of aromatic nitrogens is 3. The van der Waals surface area contributed by atoms with E-state index in [2.05, 4.69) is 22.3 Å². The van der Waals surface area contributed by atoms with E-state index in [0.29, 0.717) is 0 Å². The molecule has 0 saturated heterocycles. The predicted molar refractivity (Wildman–Crippen MR) is 68.4 cm³/mol. The van der Waals surface area contributed by atoms with E-state index in [0.717, 1.165) is 30.9 Å². The van der Waals surface area contributed by atoms with Crippen molar-refractivity contribution in [3.8, 4) is 11.4 Å². The third-order valence-corrected chi connectivity index (χ3v) is 2.55. The molecule has 0 bridgehead atoms. The fourth-order valence-electron chi connectivity index (χ4n) is 1.79. The van der Waals surface area contributed by atoms with Gasteiger partial charge >= 0.3 is 0 Å². The molecule has 0 atom stereocenters. The third kappa shape index (κ3) is 2.91. The van der Waals surface area contributed by atoms with Crippen LogP contribution in [0.3, 0.4) is 0 Å². The van der Waals surface area contributed by atoms with E-state index in [1.54, 1.807) is 6.20 Å². The molecule has 2 aromatic rings. The Hall–Kier alpha value is -1.68. The molecule has 4 nitrogen and oxygen atoms in total. The lowest BCUT2D eigenvalue weighted by Gasteiger charge is -2.02. The Morgan fingerprint density at radius 2 is 2.24 bits per heavy atom. The van der Waals surface area contributed by atoms with E-state index in [9.17, 15) is 0 Å². The molecule has 0 aliphatic heterocycles. The zero-order chi connectivity index (χ0) is 12.1. The number of hydrogen-bond acceptors (Lipinski definition) is 3. The molecule has 4 heteroatoms. The maximum Gasteiger partial charge on any atom is 0.115 e. The molecule has 90 valence electrons. The zero-order valence-corrected chi connectivity index (χ0v) is 10.3. The molecule has 2 heterocycles. The number of pyridine rings is 1. The smallest absolute Gasteiger partial charge is 0.115 e. The average molecular weight is 230 g/mol. The number of rotatable bonds is 5. The van der Waals surface area contributed by atoms with Gasteiger partial charge in [0.25, 0.3) is 0 Å². The van der Waals surface area contributed by atoms with Crippen LogP contribution in [0, 0.1) is 0 Å². The summed E-state index contributed by atoms with van der Waals surface area (Å²) in [5, 5.41) is 7.87. The van der Waals surface area contributed by atoms with Gasteiger partial charge in [0.2, 0.25) is 0 Å². The van der Waals surface area contributed by atoms with Crippen molar-refractivity contribution in [2.75, 3.05) is 6.54 Å².